The molecular formula is C30H35F3N8O10. The van der Waals surface area contributed by atoms with Crippen molar-refractivity contribution in [2.45, 2.75) is 85.2 Å². The van der Waals surface area contributed by atoms with E-state index in [-0.39, 0.29) is 49.0 Å². The third kappa shape index (κ3) is 11.1. The standard InChI is InChI=1S/C30H35F3N8O10/c1-28(2,3)50-19(42)8-12-46-26(44)48-16-39-14-18(35-15-39)22-21(36-25-34-10-7-11-40(22)25)23-37-24(30(31,32)33)38-41(23)17-49-27(45)47-13-9-20(43)51-29(4,5)6/h7,10-11,14-15H,8-9,12-13,16-17H2,1-6H3. The maximum Gasteiger partial charge on any atom is 0.510 e. The first-order valence-electron chi connectivity index (χ1n) is 15.2. The summed E-state index contributed by atoms with van der Waals surface area (Å²) in [4.78, 5) is 64.4. The van der Waals surface area contributed by atoms with Gasteiger partial charge in [-0.3, -0.25) is 14.0 Å². The zero-order chi connectivity index (χ0) is 37.6. The highest BCUT2D eigenvalue weighted by Gasteiger charge is 2.38. The van der Waals surface area contributed by atoms with Crippen molar-refractivity contribution < 1.29 is 60.8 Å². The Balaban J connectivity index is 1.50. The number of imidazole rings is 2. The molecule has 4 aromatic heterocycles. The van der Waals surface area contributed by atoms with Crippen LogP contribution in [0.15, 0.2) is 31.0 Å². The molecule has 0 bridgehead atoms. The summed E-state index contributed by atoms with van der Waals surface area (Å²) in [7, 11) is 0. The first kappa shape index (κ1) is 38.0. The summed E-state index contributed by atoms with van der Waals surface area (Å²) in [5.74, 6) is -3.18. The molecular weight excluding hydrogens is 689 g/mol. The van der Waals surface area contributed by atoms with E-state index < -0.39 is 66.6 Å². The van der Waals surface area contributed by atoms with E-state index in [0.29, 0.717) is 4.68 Å². The lowest BCUT2D eigenvalue weighted by molar-refractivity contribution is -0.156. The molecule has 4 aromatic rings. The van der Waals surface area contributed by atoms with Gasteiger partial charge in [0.1, 0.15) is 41.5 Å². The van der Waals surface area contributed by atoms with Crippen molar-refractivity contribution in [2.75, 3.05) is 13.2 Å². The summed E-state index contributed by atoms with van der Waals surface area (Å²) in [5, 5.41) is 3.47. The molecule has 4 heterocycles. The number of carbonyl (C=O) groups is 4. The summed E-state index contributed by atoms with van der Waals surface area (Å²) < 4.78 is 74.8. The predicted octanol–water partition coefficient (Wildman–Crippen LogP) is 4.56. The van der Waals surface area contributed by atoms with Crippen LogP contribution in [0.3, 0.4) is 0 Å². The topological polar surface area (TPSA) is 202 Å². The predicted molar refractivity (Wildman–Crippen MR) is 164 cm³/mol. The molecule has 4 rings (SSSR count). The molecule has 0 N–H and O–H groups in total. The Morgan fingerprint density at radius 3 is 1.94 bits per heavy atom. The minimum absolute atomic E-state index is 0.0486. The summed E-state index contributed by atoms with van der Waals surface area (Å²) >= 11 is 0. The van der Waals surface area contributed by atoms with E-state index >= 15 is 0 Å². The fourth-order valence-electron chi connectivity index (χ4n) is 4.11. The molecule has 0 aliphatic carbocycles. The van der Waals surface area contributed by atoms with Crippen LogP contribution in [0.4, 0.5) is 22.8 Å². The van der Waals surface area contributed by atoms with Crippen molar-refractivity contribution in [3.05, 3.63) is 36.8 Å². The maximum absolute atomic E-state index is 13.8. The summed E-state index contributed by atoms with van der Waals surface area (Å²) in [6.07, 6.45) is -2.25. The third-order valence-corrected chi connectivity index (χ3v) is 5.95. The smallest absolute Gasteiger partial charge is 0.460 e. The van der Waals surface area contributed by atoms with E-state index in [1.165, 1.54) is 40.0 Å². The first-order chi connectivity index (χ1) is 23.8. The normalized spacial score (nSPS) is 12.0. The van der Waals surface area contributed by atoms with Gasteiger partial charge < -0.3 is 33.0 Å². The number of rotatable bonds is 12. The SMILES string of the molecule is CC(C)(C)OC(=O)CCOC(=O)OCn1cnc(-c2c(-c3nc(C(F)(F)F)nn3COC(=O)OCCC(=O)OC(C)(C)C)nc3ncccn23)c1. The first-order valence-corrected chi connectivity index (χ1v) is 15.2. The monoisotopic (exact) mass is 724 g/mol. The number of ether oxygens (including phenoxy) is 6. The van der Waals surface area contributed by atoms with Gasteiger partial charge in [-0.2, -0.15) is 13.2 Å². The second kappa shape index (κ2) is 15.4. The Morgan fingerprint density at radius 2 is 1.37 bits per heavy atom. The van der Waals surface area contributed by atoms with Gasteiger partial charge in [-0.05, 0) is 47.6 Å². The molecule has 0 spiro atoms. The second-order valence-corrected chi connectivity index (χ2v) is 12.5. The van der Waals surface area contributed by atoms with Crippen molar-refractivity contribution in [1.82, 2.24) is 38.7 Å². The number of carbonyl (C=O) groups excluding carboxylic acids is 4. The fourth-order valence-corrected chi connectivity index (χ4v) is 4.11. The molecule has 0 fully saturated rings. The number of nitrogens with zero attached hydrogens (tertiary/aromatic N) is 8. The van der Waals surface area contributed by atoms with Crippen LogP contribution in [-0.4, -0.2) is 87.3 Å². The highest BCUT2D eigenvalue weighted by atomic mass is 19.4. The Hall–Kier alpha value is -5.76. The van der Waals surface area contributed by atoms with Crippen LogP contribution in [0.5, 0.6) is 0 Å². The van der Waals surface area contributed by atoms with Gasteiger partial charge in [0.25, 0.3) is 5.82 Å². The lowest BCUT2D eigenvalue weighted by atomic mass is 10.2. The van der Waals surface area contributed by atoms with Gasteiger partial charge in [-0.15, -0.1) is 5.10 Å². The van der Waals surface area contributed by atoms with E-state index in [0.717, 1.165) is 0 Å². The van der Waals surface area contributed by atoms with Gasteiger partial charge in [0.2, 0.25) is 5.78 Å². The van der Waals surface area contributed by atoms with Gasteiger partial charge in [0.15, 0.2) is 19.3 Å². The summed E-state index contributed by atoms with van der Waals surface area (Å²) in [6, 6.07) is 1.54. The summed E-state index contributed by atoms with van der Waals surface area (Å²) in [6.45, 7) is 8.11. The van der Waals surface area contributed by atoms with Crippen molar-refractivity contribution in [2.24, 2.45) is 0 Å². The van der Waals surface area contributed by atoms with Crippen molar-refractivity contribution >= 4 is 30.0 Å². The molecule has 0 aliphatic heterocycles. The molecule has 0 saturated heterocycles. The molecule has 0 amide bonds. The Bertz CT molecular complexity index is 1870. The number of hydrogen-bond acceptors (Lipinski definition) is 15. The van der Waals surface area contributed by atoms with Crippen LogP contribution in [0.1, 0.15) is 60.2 Å². The quantitative estimate of drug-likeness (QED) is 0.145. The second-order valence-electron chi connectivity index (χ2n) is 12.5. The molecule has 0 atom stereocenters. The highest BCUT2D eigenvalue weighted by Crippen LogP contribution is 2.33. The molecule has 0 aromatic carbocycles. The zero-order valence-corrected chi connectivity index (χ0v) is 28.4. The molecule has 0 radical (unpaired) electrons. The van der Waals surface area contributed by atoms with Crippen LogP contribution in [-0.2, 0) is 57.6 Å². The minimum Gasteiger partial charge on any atom is -0.460 e. The van der Waals surface area contributed by atoms with Crippen LogP contribution < -0.4 is 0 Å². The van der Waals surface area contributed by atoms with Crippen molar-refractivity contribution in [1.29, 1.82) is 0 Å². The lowest BCUT2D eigenvalue weighted by Crippen LogP contribution is -2.25. The molecule has 51 heavy (non-hydrogen) atoms. The summed E-state index contributed by atoms with van der Waals surface area (Å²) in [5.41, 5.74) is -1.38. The molecule has 21 heteroatoms. The van der Waals surface area contributed by atoms with Gasteiger partial charge in [0.05, 0.1) is 19.2 Å². The van der Waals surface area contributed by atoms with Crippen LogP contribution in [0.25, 0.3) is 28.7 Å². The third-order valence-electron chi connectivity index (χ3n) is 5.95. The molecule has 276 valence electrons. The van der Waals surface area contributed by atoms with E-state index in [1.54, 1.807) is 41.5 Å². The highest BCUT2D eigenvalue weighted by molar-refractivity contribution is 5.76. The van der Waals surface area contributed by atoms with Gasteiger partial charge in [-0.1, -0.05) is 0 Å². The van der Waals surface area contributed by atoms with E-state index in [1.807, 2.05) is 0 Å². The number of fused-ring (bicyclic) bond motifs is 1. The lowest BCUT2D eigenvalue weighted by Gasteiger charge is -2.19. The maximum atomic E-state index is 13.8. The largest absolute Gasteiger partial charge is 0.510 e. The number of alkyl halides is 3. The van der Waals surface area contributed by atoms with E-state index in [9.17, 15) is 32.3 Å². The molecule has 0 saturated carbocycles. The Labute approximate surface area is 287 Å². The van der Waals surface area contributed by atoms with Crippen molar-refractivity contribution in [3.63, 3.8) is 0 Å². The van der Waals surface area contributed by atoms with E-state index in [4.69, 9.17) is 28.4 Å². The minimum atomic E-state index is -4.99. The van der Waals surface area contributed by atoms with Gasteiger partial charge in [-0.25, -0.2) is 34.2 Å². The van der Waals surface area contributed by atoms with Gasteiger partial charge >= 0.3 is 30.4 Å². The van der Waals surface area contributed by atoms with E-state index in [2.05, 4.69) is 25.0 Å². The van der Waals surface area contributed by atoms with Crippen LogP contribution in [0, 0.1) is 0 Å². The van der Waals surface area contributed by atoms with Gasteiger partial charge in [0, 0.05) is 18.6 Å². The average Bonchev–Trinajstić information content (AvgIpc) is 3.73. The Morgan fingerprint density at radius 1 is 0.784 bits per heavy atom. The average molecular weight is 725 g/mol. The number of esters is 2. The zero-order valence-electron chi connectivity index (χ0n) is 28.4. The fraction of sp³-hybridized carbons (Fsp3) is 0.500. The number of hydrogen-bond donors (Lipinski definition) is 0. The molecule has 0 aliphatic rings. The van der Waals surface area contributed by atoms with Crippen LogP contribution >= 0.6 is 0 Å². The molecule has 18 nitrogen and oxygen atoms in total. The molecule has 0 unspecified atom stereocenters. The number of aromatic nitrogens is 8. The van der Waals surface area contributed by atoms with Crippen molar-refractivity contribution in [3.8, 4) is 22.9 Å². The van der Waals surface area contributed by atoms with Crippen LogP contribution in [0.2, 0.25) is 0 Å². The Kier molecular flexibility index (Phi) is 11.5. The number of halogens is 3.